The van der Waals surface area contributed by atoms with Crippen molar-refractivity contribution in [1.29, 1.82) is 0 Å². The van der Waals surface area contributed by atoms with Gasteiger partial charge in [-0.1, -0.05) is 28.9 Å². The van der Waals surface area contributed by atoms with Crippen LogP contribution in [0, 0.1) is 6.92 Å². The van der Waals surface area contributed by atoms with Gasteiger partial charge in [-0.2, -0.15) is 0 Å². The third kappa shape index (κ3) is 2.13. The standard InChI is InChI=1S/C11H12ClNO2/c1-7-2-3-8(4-10(7)12)11-5-9(6-14)15-13-11/h2-4,9,14H,5-6H2,1H3. The number of nitrogens with zero attached hydrogens (tertiary/aromatic N) is 1. The molecule has 1 unspecified atom stereocenters. The maximum atomic E-state index is 8.91. The highest BCUT2D eigenvalue weighted by molar-refractivity contribution is 6.31. The molecule has 0 radical (unpaired) electrons. The summed E-state index contributed by atoms with van der Waals surface area (Å²) in [6, 6.07) is 5.79. The van der Waals surface area contributed by atoms with Crippen LogP contribution in [0.15, 0.2) is 23.4 Å². The molecule has 0 amide bonds. The zero-order valence-electron chi connectivity index (χ0n) is 8.40. The molecule has 3 nitrogen and oxygen atoms in total. The number of oxime groups is 1. The van der Waals surface area contributed by atoms with Crippen LogP contribution in [0.5, 0.6) is 0 Å². The molecule has 1 heterocycles. The quantitative estimate of drug-likeness (QED) is 0.838. The lowest BCUT2D eigenvalue weighted by Gasteiger charge is -2.03. The summed E-state index contributed by atoms with van der Waals surface area (Å²) in [5.41, 5.74) is 2.84. The van der Waals surface area contributed by atoms with E-state index in [1.165, 1.54) is 0 Å². The van der Waals surface area contributed by atoms with Crippen LogP contribution in [0.2, 0.25) is 5.02 Å². The number of hydrogen-bond donors (Lipinski definition) is 1. The summed E-state index contributed by atoms with van der Waals surface area (Å²) in [6.45, 7) is 1.95. The average molecular weight is 226 g/mol. The molecule has 0 aromatic heterocycles. The number of aliphatic hydroxyl groups is 1. The topological polar surface area (TPSA) is 41.8 Å². The summed E-state index contributed by atoms with van der Waals surface area (Å²) in [6.07, 6.45) is 0.427. The van der Waals surface area contributed by atoms with E-state index in [4.69, 9.17) is 21.5 Å². The molecular weight excluding hydrogens is 214 g/mol. The van der Waals surface area contributed by atoms with E-state index in [2.05, 4.69) is 5.16 Å². The van der Waals surface area contributed by atoms with Crippen molar-refractivity contribution in [2.75, 3.05) is 6.61 Å². The van der Waals surface area contributed by atoms with Crippen molar-refractivity contribution in [2.45, 2.75) is 19.4 Å². The summed E-state index contributed by atoms with van der Waals surface area (Å²) >= 11 is 6.02. The maximum absolute atomic E-state index is 8.91. The predicted octanol–water partition coefficient (Wildman–Crippen LogP) is 2.13. The lowest BCUT2D eigenvalue weighted by Crippen LogP contribution is -2.12. The van der Waals surface area contributed by atoms with Crippen molar-refractivity contribution >= 4 is 17.3 Å². The molecule has 0 fully saturated rings. The first kappa shape index (κ1) is 10.5. The Labute approximate surface area is 93.3 Å². The molecule has 4 heteroatoms. The summed E-state index contributed by atoms with van der Waals surface area (Å²) in [5, 5.41) is 13.6. The minimum atomic E-state index is -0.208. The molecule has 0 spiro atoms. The van der Waals surface area contributed by atoms with Crippen molar-refractivity contribution in [3.63, 3.8) is 0 Å². The number of aliphatic hydroxyl groups excluding tert-OH is 1. The van der Waals surface area contributed by atoms with Crippen LogP contribution in [0.4, 0.5) is 0 Å². The van der Waals surface area contributed by atoms with E-state index in [-0.39, 0.29) is 12.7 Å². The predicted molar refractivity (Wildman–Crippen MR) is 59.3 cm³/mol. The average Bonchev–Trinajstić information content (AvgIpc) is 2.70. The second-order valence-electron chi connectivity index (χ2n) is 3.62. The Morgan fingerprint density at radius 1 is 1.60 bits per heavy atom. The molecule has 1 aliphatic rings. The second kappa shape index (κ2) is 4.21. The monoisotopic (exact) mass is 225 g/mol. The summed E-state index contributed by atoms with van der Waals surface area (Å²) < 4.78 is 0. The number of benzene rings is 1. The lowest BCUT2D eigenvalue weighted by atomic mass is 10.0. The highest BCUT2D eigenvalue weighted by Crippen LogP contribution is 2.21. The van der Waals surface area contributed by atoms with Crippen molar-refractivity contribution in [3.05, 3.63) is 34.3 Å². The van der Waals surface area contributed by atoms with E-state index in [0.717, 1.165) is 21.9 Å². The third-order valence-electron chi connectivity index (χ3n) is 2.44. The van der Waals surface area contributed by atoms with E-state index in [1.54, 1.807) is 0 Å². The van der Waals surface area contributed by atoms with Crippen LogP contribution >= 0.6 is 11.6 Å². The molecule has 1 atom stereocenters. The van der Waals surface area contributed by atoms with Crippen LogP contribution < -0.4 is 0 Å². The first-order valence-electron chi connectivity index (χ1n) is 4.81. The Morgan fingerprint density at radius 3 is 3.00 bits per heavy atom. The molecule has 80 valence electrons. The molecule has 0 saturated heterocycles. The molecular formula is C11H12ClNO2. The van der Waals surface area contributed by atoms with Gasteiger partial charge in [-0.3, -0.25) is 0 Å². The zero-order valence-corrected chi connectivity index (χ0v) is 9.16. The van der Waals surface area contributed by atoms with Gasteiger partial charge in [0.2, 0.25) is 0 Å². The Balaban J connectivity index is 2.21. The zero-order chi connectivity index (χ0) is 10.8. The highest BCUT2D eigenvalue weighted by Gasteiger charge is 2.21. The summed E-state index contributed by atoms with van der Waals surface area (Å²) in [5.74, 6) is 0. The molecule has 1 aromatic carbocycles. The van der Waals surface area contributed by atoms with Gasteiger partial charge in [-0.25, -0.2) is 0 Å². The van der Waals surface area contributed by atoms with Gasteiger partial charge in [0.15, 0.2) is 6.10 Å². The summed E-state index contributed by atoms with van der Waals surface area (Å²) in [4.78, 5) is 5.03. The van der Waals surface area contributed by atoms with Gasteiger partial charge in [0.1, 0.15) is 0 Å². The van der Waals surface area contributed by atoms with Gasteiger partial charge in [-0.05, 0) is 18.6 Å². The fourth-order valence-electron chi connectivity index (χ4n) is 1.47. The molecule has 1 aromatic rings. The number of rotatable bonds is 2. The van der Waals surface area contributed by atoms with Gasteiger partial charge in [0, 0.05) is 17.0 Å². The number of hydrogen-bond acceptors (Lipinski definition) is 3. The molecule has 0 bridgehead atoms. The third-order valence-corrected chi connectivity index (χ3v) is 2.85. The van der Waals surface area contributed by atoms with E-state index < -0.39 is 0 Å². The molecule has 0 saturated carbocycles. The second-order valence-corrected chi connectivity index (χ2v) is 4.02. The minimum Gasteiger partial charge on any atom is -0.392 e. The van der Waals surface area contributed by atoms with E-state index in [0.29, 0.717) is 6.42 Å². The molecule has 1 N–H and O–H groups in total. The summed E-state index contributed by atoms with van der Waals surface area (Å²) in [7, 11) is 0. The number of halogens is 1. The normalized spacial score (nSPS) is 19.9. The SMILES string of the molecule is Cc1ccc(C2=NOC(CO)C2)cc1Cl. The van der Waals surface area contributed by atoms with Gasteiger partial charge in [-0.15, -0.1) is 0 Å². The van der Waals surface area contributed by atoms with Crippen LogP contribution in [0.1, 0.15) is 17.5 Å². The van der Waals surface area contributed by atoms with E-state index in [9.17, 15) is 0 Å². The largest absolute Gasteiger partial charge is 0.392 e. The van der Waals surface area contributed by atoms with Crippen LogP contribution in [-0.4, -0.2) is 23.5 Å². The first-order chi connectivity index (χ1) is 7.20. The Bertz CT molecular complexity index is 404. The van der Waals surface area contributed by atoms with Crippen LogP contribution in [0.25, 0.3) is 0 Å². The maximum Gasteiger partial charge on any atom is 0.156 e. The van der Waals surface area contributed by atoms with Crippen molar-refractivity contribution < 1.29 is 9.94 Å². The first-order valence-corrected chi connectivity index (χ1v) is 5.18. The van der Waals surface area contributed by atoms with Crippen molar-refractivity contribution in [3.8, 4) is 0 Å². The minimum absolute atomic E-state index is 0.00735. The van der Waals surface area contributed by atoms with Gasteiger partial charge >= 0.3 is 0 Å². The Kier molecular flexibility index (Phi) is 2.93. The molecule has 0 aliphatic carbocycles. The van der Waals surface area contributed by atoms with Crippen LogP contribution in [0.3, 0.4) is 0 Å². The number of aryl methyl sites for hydroxylation is 1. The van der Waals surface area contributed by atoms with Gasteiger partial charge < -0.3 is 9.94 Å². The molecule has 2 rings (SSSR count). The lowest BCUT2D eigenvalue weighted by molar-refractivity contribution is 0.0390. The fraction of sp³-hybridized carbons (Fsp3) is 0.364. The van der Waals surface area contributed by atoms with E-state index in [1.807, 2.05) is 25.1 Å². The molecule has 1 aliphatic heterocycles. The van der Waals surface area contributed by atoms with E-state index >= 15 is 0 Å². The van der Waals surface area contributed by atoms with Crippen molar-refractivity contribution in [1.82, 2.24) is 0 Å². The van der Waals surface area contributed by atoms with Gasteiger partial charge in [0.25, 0.3) is 0 Å². The Morgan fingerprint density at radius 2 is 2.40 bits per heavy atom. The fourth-order valence-corrected chi connectivity index (χ4v) is 1.65. The molecule has 15 heavy (non-hydrogen) atoms. The highest BCUT2D eigenvalue weighted by atomic mass is 35.5. The Hall–Kier alpha value is -1.06. The van der Waals surface area contributed by atoms with Gasteiger partial charge in [0.05, 0.1) is 12.3 Å². The smallest absolute Gasteiger partial charge is 0.156 e. The van der Waals surface area contributed by atoms with Crippen LogP contribution in [-0.2, 0) is 4.84 Å². The van der Waals surface area contributed by atoms with Crippen molar-refractivity contribution in [2.24, 2.45) is 5.16 Å².